The average molecular weight is 338 g/mol. The molecule has 0 aromatic heterocycles. The molecule has 2 aromatic carbocycles. The van der Waals surface area contributed by atoms with Crippen molar-refractivity contribution in [1.29, 1.82) is 0 Å². The lowest BCUT2D eigenvalue weighted by molar-refractivity contribution is -0.120. The average Bonchev–Trinajstić information content (AvgIpc) is 2.60. The van der Waals surface area contributed by atoms with E-state index in [1.54, 1.807) is 24.3 Å². The van der Waals surface area contributed by atoms with Gasteiger partial charge in [-0.2, -0.15) is 0 Å². The van der Waals surface area contributed by atoms with E-state index in [9.17, 15) is 14.4 Å². The number of amides is 2. The Kier molecular flexibility index (Phi) is 6.06. The van der Waals surface area contributed by atoms with Crippen LogP contribution in [0.2, 0.25) is 0 Å². The van der Waals surface area contributed by atoms with Crippen molar-refractivity contribution in [2.75, 3.05) is 16.8 Å². The Bertz CT molecular complexity index is 765. The molecular weight excluding hydrogens is 316 g/mol. The summed E-state index contributed by atoms with van der Waals surface area (Å²) in [5.74, 6) is -0.534. The number of nitrogens with one attached hydrogen (secondary N) is 1. The Balaban J connectivity index is 2.06. The number of benzene rings is 2. The van der Waals surface area contributed by atoms with E-state index in [1.807, 2.05) is 24.3 Å². The maximum Gasteiger partial charge on any atom is 0.244 e. The first kappa shape index (κ1) is 18.4. The first-order chi connectivity index (χ1) is 11.9. The molecule has 0 bridgehead atoms. The van der Waals surface area contributed by atoms with Gasteiger partial charge in [0.2, 0.25) is 11.8 Å². The summed E-state index contributed by atoms with van der Waals surface area (Å²) in [6, 6.07) is 14.2. The maximum atomic E-state index is 12.3. The third-order valence-electron chi connectivity index (χ3n) is 3.91. The first-order valence-electron chi connectivity index (χ1n) is 8.18. The lowest BCUT2D eigenvalue weighted by atomic mass is 10.1. The molecule has 0 unspecified atom stereocenters. The summed E-state index contributed by atoms with van der Waals surface area (Å²) in [6.07, 6.45) is 0.914. The van der Waals surface area contributed by atoms with E-state index in [0.29, 0.717) is 16.9 Å². The van der Waals surface area contributed by atoms with Gasteiger partial charge in [-0.1, -0.05) is 19.1 Å². The summed E-state index contributed by atoms with van der Waals surface area (Å²) in [4.78, 5) is 36.9. The fourth-order valence-corrected chi connectivity index (χ4v) is 2.43. The molecule has 0 aliphatic rings. The molecule has 2 amide bonds. The molecule has 0 saturated heterocycles. The van der Waals surface area contributed by atoms with E-state index < -0.39 is 0 Å². The minimum absolute atomic E-state index is 0.0313. The van der Waals surface area contributed by atoms with Crippen LogP contribution in [-0.4, -0.2) is 24.1 Å². The van der Waals surface area contributed by atoms with Gasteiger partial charge >= 0.3 is 0 Å². The van der Waals surface area contributed by atoms with Crippen molar-refractivity contribution in [2.45, 2.75) is 27.2 Å². The lowest BCUT2D eigenvalue weighted by Gasteiger charge is -2.21. The van der Waals surface area contributed by atoms with E-state index in [-0.39, 0.29) is 24.1 Å². The number of hydrogen-bond acceptors (Lipinski definition) is 3. The number of aryl methyl sites for hydroxylation is 1. The van der Waals surface area contributed by atoms with Crippen LogP contribution in [0.5, 0.6) is 0 Å². The highest BCUT2D eigenvalue weighted by Crippen LogP contribution is 2.16. The first-order valence-corrected chi connectivity index (χ1v) is 8.18. The van der Waals surface area contributed by atoms with E-state index in [1.165, 1.54) is 24.3 Å². The van der Waals surface area contributed by atoms with Crippen molar-refractivity contribution in [2.24, 2.45) is 0 Å². The van der Waals surface area contributed by atoms with Crippen molar-refractivity contribution < 1.29 is 14.4 Å². The van der Waals surface area contributed by atoms with Crippen molar-refractivity contribution in [3.63, 3.8) is 0 Å². The minimum Gasteiger partial charge on any atom is -0.325 e. The molecular formula is C20H22N2O3. The largest absolute Gasteiger partial charge is 0.325 e. The second kappa shape index (κ2) is 8.24. The molecule has 25 heavy (non-hydrogen) atoms. The summed E-state index contributed by atoms with van der Waals surface area (Å²) in [6.45, 7) is 4.91. The molecule has 0 aliphatic carbocycles. The molecule has 0 radical (unpaired) electrons. The van der Waals surface area contributed by atoms with Crippen LogP contribution in [0, 0.1) is 0 Å². The highest BCUT2D eigenvalue weighted by molar-refractivity contribution is 6.02. The molecule has 1 N–H and O–H groups in total. The van der Waals surface area contributed by atoms with Gasteiger partial charge in [0.05, 0.1) is 0 Å². The normalized spacial score (nSPS) is 10.2. The van der Waals surface area contributed by atoms with Gasteiger partial charge in [-0.15, -0.1) is 0 Å². The molecule has 0 saturated carbocycles. The van der Waals surface area contributed by atoms with Crippen LogP contribution in [0.3, 0.4) is 0 Å². The SMILES string of the molecule is CCc1ccc(N(CC(=O)Nc2ccc(C(C)=O)cc2)C(C)=O)cc1. The quantitative estimate of drug-likeness (QED) is 0.821. The van der Waals surface area contributed by atoms with Gasteiger partial charge < -0.3 is 10.2 Å². The van der Waals surface area contributed by atoms with Crippen LogP contribution in [0.4, 0.5) is 11.4 Å². The molecule has 0 heterocycles. The van der Waals surface area contributed by atoms with Crippen LogP contribution in [0.15, 0.2) is 48.5 Å². The van der Waals surface area contributed by atoms with Gasteiger partial charge in [-0.05, 0) is 55.3 Å². The maximum absolute atomic E-state index is 12.3. The van der Waals surface area contributed by atoms with Crippen molar-refractivity contribution in [3.8, 4) is 0 Å². The predicted molar refractivity (Wildman–Crippen MR) is 98.9 cm³/mol. The Morgan fingerprint density at radius 1 is 0.920 bits per heavy atom. The van der Waals surface area contributed by atoms with Gasteiger partial charge in [0, 0.05) is 23.9 Å². The van der Waals surface area contributed by atoms with E-state index >= 15 is 0 Å². The number of anilines is 2. The molecule has 0 spiro atoms. The van der Waals surface area contributed by atoms with Crippen LogP contribution >= 0.6 is 0 Å². The Morgan fingerprint density at radius 3 is 2.00 bits per heavy atom. The number of carbonyl (C=O) groups excluding carboxylic acids is 3. The predicted octanol–water partition coefficient (Wildman–Crippen LogP) is 3.44. The van der Waals surface area contributed by atoms with Crippen molar-refractivity contribution in [1.82, 2.24) is 0 Å². The number of rotatable bonds is 6. The lowest BCUT2D eigenvalue weighted by Crippen LogP contribution is -2.36. The molecule has 2 aromatic rings. The third-order valence-corrected chi connectivity index (χ3v) is 3.91. The molecule has 5 heteroatoms. The monoisotopic (exact) mass is 338 g/mol. The van der Waals surface area contributed by atoms with Gasteiger partial charge in [0.25, 0.3) is 0 Å². The zero-order valence-electron chi connectivity index (χ0n) is 14.7. The van der Waals surface area contributed by atoms with E-state index in [4.69, 9.17) is 0 Å². The van der Waals surface area contributed by atoms with Gasteiger partial charge in [0.15, 0.2) is 5.78 Å². The van der Waals surface area contributed by atoms with Gasteiger partial charge in [-0.3, -0.25) is 14.4 Å². The number of Topliss-reactive ketones (excluding diaryl/α,β-unsaturated/α-hetero) is 1. The zero-order valence-corrected chi connectivity index (χ0v) is 14.7. The molecule has 0 atom stereocenters. The standard InChI is InChI=1S/C20H22N2O3/c1-4-16-5-11-19(12-6-16)22(15(3)24)13-20(25)21-18-9-7-17(8-10-18)14(2)23/h5-12H,4,13H2,1-3H3,(H,21,25). The molecule has 2 rings (SSSR count). The second-order valence-corrected chi connectivity index (χ2v) is 5.81. The summed E-state index contributed by atoms with van der Waals surface area (Å²) in [5.41, 5.74) is 3.02. The topological polar surface area (TPSA) is 66.5 Å². The number of nitrogens with zero attached hydrogens (tertiary/aromatic N) is 1. The van der Waals surface area contributed by atoms with Gasteiger partial charge in [0.1, 0.15) is 6.54 Å². The summed E-state index contributed by atoms with van der Waals surface area (Å²) in [7, 11) is 0. The molecule has 5 nitrogen and oxygen atoms in total. The van der Waals surface area contributed by atoms with Crippen LogP contribution in [0.1, 0.15) is 36.7 Å². The van der Waals surface area contributed by atoms with Crippen molar-refractivity contribution in [3.05, 3.63) is 59.7 Å². The number of ketones is 1. The van der Waals surface area contributed by atoms with Gasteiger partial charge in [-0.25, -0.2) is 0 Å². The Morgan fingerprint density at radius 2 is 1.52 bits per heavy atom. The Hall–Kier alpha value is -2.95. The van der Waals surface area contributed by atoms with Crippen LogP contribution < -0.4 is 10.2 Å². The van der Waals surface area contributed by atoms with Crippen molar-refractivity contribution >= 4 is 29.0 Å². The zero-order chi connectivity index (χ0) is 18.4. The Labute approximate surface area is 147 Å². The summed E-state index contributed by atoms with van der Waals surface area (Å²) < 4.78 is 0. The minimum atomic E-state index is -0.301. The molecule has 0 aliphatic heterocycles. The summed E-state index contributed by atoms with van der Waals surface area (Å²) >= 11 is 0. The molecule has 130 valence electrons. The van der Waals surface area contributed by atoms with Crippen LogP contribution in [-0.2, 0) is 16.0 Å². The van der Waals surface area contributed by atoms with E-state index in [2.05, 4.69) is 12.2 Å². The number of carbonyl (C=O) groups is 3. The van der Waals surface area contributed by atoms with E-state index in [0.717, 1.165) is 6.42 Å². The summed E-state index contributed by atoms with van der Waals surface area (Å²) in [5, 5.41) is 2.74. The molecule has 0 fully saturated rings. The fraction of sp³-hybridized carbons (Fsp3) is 0.250. The smallest absolute Gasteiger partial charge is 0.244 e. The number of hydrogen-bond donors (Lipinski definition) is 1. The second-order valence-electron chi connectivity index (χ2n) is 5.81. The van der Waals surface area contributed by atoms with Crippen LogP contribution in [0.25, 0.3) is 0 Å². The highest BCUT2D eigenvalue weighted by atomic mass is 16.2. The fourth-order valence-electron chi connectivity index (χ4n) is 2.43. The highest BCUT2D eigenvalue weighted by Gasteiger charge is 2.16. The third kappa shape index (κ3) is 5.01.